The van der Waals surface area contributed by atoms with Crippen LogP contribution in [-0.4, -0.2) is 34.6 Å². The van der Waals surface area contributed by atoms with Gasteiger partial charge in [-0.1, -0.05) is 0 Å². The summed E-state index contributed by atoms with van der Waals surface area (Å²) >= 11 is 0. The number of aryl methyl sites for hydroxylation is 1. The van der Waals surface area contributed by atoms with Gasteiger partial charge >= 0.3 is 0 Å². The first-order chi connectivity index (χ1) is 6.00. The van der Waals surface area contributed by atoms with Crippen LogP contribution in [0.15, 0.2) is 6.20 Å². The Labute approximate surface area is 77.8 Å². The second-order valence-electron chi connectivity index (χ2n) is 3.31. The summed E-state index contributed by atoms with van der Waals surface area (Å²) in [5.74, 6) is 0.711. The molecule has 1 aromatic heterocycles. The SMILES string of the molecule is CC(O)CN(C)c1nn(C)cc1N. The van der Waals surface area contributed by atoms with E-state index < -0.39 is 0 Å². The second-order valence-corrected chi connectivity index (χ2v) is 3.31. The second kappa shape index (κ2) is 3.66. The minimum atomic E-state index is -0.383. The minimum Gasteiger partial charge on any atom is -0.394 e. The minimum absolute atomic E-state index is 0.383. The number of hydrogen-bond donors (Lipinski definition) is 2. The van der Waals surface area contributed by atoms with E-state index in [1.807, 2.05) is 19.0 Å². The molecular formula is C8H16N4O. The lowest BCUT2D eigenvalue weighted by atomic mass is 10.3. The third-order valence-electron chi connectivity index (χ3n) is 1.74. The van der Waals surface area contributed by atoms with Crippen LogP contribution in [0.2, 0.25) is 0 Å². The first kappa shape index (κ1) is 9.85. The fraction of sp³-hybridized carbons (Fsp3) is 0.625. The van der Waals surface area contributed by atoms with Crippen molar-refractivity contribution < 1.29 is 5.11 Å². The van der Waals surface area contributed by atoms with Crippen LogP contribution >= 0.6 is 0 Å². The predicted molar refractivity (Wildman–Crippen MR) is 52.6 cm³/mol. The summed E-state index contributed by atoms with van der Waals surface area (Å²) in [6.45, 7) is 2.26. The molecule has 13 heavy (non-hydrogen) atoms. The number of likely N-dealkylation sites (N-methyl/N-ethyl adjacent to an activating group) is 1. The van der Waals surface area contributed by atoms with Crippen LogP contribution < -0.4 is 10.6 Å². The van der Waals surface area contributed by atoms with Gasteiger partial charge < -0.3 is 15.7 Å². The van der Waals surface area contributed by atoms with E-state index in [4.69, 9.17) is 10.8 Å². The molecule has 0 aliphatic heterocycles. The summed E-state index contributed by atoms with van der Waals surface area (Å²) in [6.07, 6.45) is 1.36. The van der Waals surface area contributed by atoms with Crippen molar-refractivity contribution in [3.05, 3.63) is 6.20 Å². The molecule has 0 aliphatic rings. The van der Waals surface area contributed by atoms with Crippen LogP contribution in [0.1, 0.15) is 6.92 Å². The Morgan fingerprint density at radius 3 is 2.77 bits per heavy atom. The largest absolute Gasteiger partial charge is 0.394 e. The number of rotatable bonds is 3. The van der Waals surface area contributed by atoms with E-state index in [-0.39, 0.29) is 6.10 Å². The van der Waals surface area contributed by atoms with Gasteiger partial charge in [0, 0.05) is 26.8 Å². The average molecular weight is 184 g/mol. The van der Waals surface area contributed by atoms with Gasteiger partial charge in [0.2, 0.25) is 0 Å². The molecule has 5 nitrogen and oxygen atoms in total. The molecule has 0 fully saturated rings. The first-order valence-electron chi connectivity index (χ1n) is 4.19. The van der Waals surface area contributed by atoms with E-state index in [1.54, 1.807) is 17.8 Å². The number of aliphatic hydroxyl groups excluding tert-OH is 1. The van der Waals surface area contributed by atoms with Crippen molar-refractivity contribution in [2.75, 3.05) is 24.2 Å². The van der Waals surface area contributed by atoms with Crippen LogP contribution in [0.4, 0.5) is 11.5 Å². The zero-order chi connectivity index (χ0) is 10.0. The van der Waals surface area contributed by atoms with Crippen LogP contribution in [0, 0.1) is 0 Å². The Morgan fingerprint density at radius 1 is 1.77 bits per heavy atom. The fourth-order valence-corrected chi connectivity index (χ4v) is 1.27. The number of hydrogen-bond acceptors (Lipinski definition) is 4. The van der Waals surface area contributed by atoms with Gasteiger partial charge in [0.15, 0.2) is 5.82 Å². The van der Waals surface area contributed by atoms with Gasteiger partial charge in [0.25, 0.3) is 0 Å². The summed E-state index contributed by atoms with van der Waals surface area (Å²) < 4.78 is 1.66. The van der Waals surface area contributed by atoms with E-state index in [2.05, 4.69) is 5.10 Å². The summed E-state index contributed by atoms with van der Waals surface area (Å²) in [6, 6.07) is 0. The maximum atomic E-state index is 9.16. The molecule has 1 heterocycles. The zero-order valence-electron chi connectivity index (χ0n) is 8.23. The first-order valence-corrected chi connectivity index (χ1v) is 4.19. The van der Waals surface area contributed by atoms with Crippen molar-refractivity contribution in [3.8, 4) is 0 Å². The average Bonchev–Trinajstić information content (AvgIpc) is 2.28. The number of nitrogens with two attached hydrogens (primary N) is 1. The number of anilines is 2. The highest BCUT2D eigenvalue weighted by atomic mass is 16.3. The highest BCUT2D eigenvalue weighted by Crippen LogP contribution is 2.18. The lowest BCUT2D eigenvalue weighted by Gasteiger charge is -2.18. The predicted octanol–water partition coefficient (Wildman–Crippen LogP) is -0.181. The van der Waals surface area contributed by atoms with Crippen LogP contribution in [0.5, 0.6) is 0 Å². The van der Waals surface area contributed by atoms with E-state index in [9.17, 15) is 0 Å². The third-order valence-corrected chi connectivity index (χ3v) is 1.74. The summed E-state index contributed by atoms with van der Waals surface area (Å²) in [4.78, 5) is 1.83. The molecule has 0 radical (unpaired) electrons. The topological polar surface area (TPSA) is 67.3 Å². The number of nitrogen functional groups attached to an aromatic ring is 1. The molecule has 1 unspecified atom stereocenters. The standard InChI is InChI=1S/C8H16N4O/c1-6(13)4-11(2)8-7(9)5-12(3)10-8/h5-6,13H,4,9H2,1-3H3. The highest BCUT2D eigenvalue weighted by Gasteiger charge is 2.10. The molecule has 0 aromatic carbocycles. The van der Waals surface area contributed by atoms with E-state index in [0.29, 0.717) is 18.1 Å². The van der Waals surface area contributed by atoms with Gasteiger partial charge in [-0.15, -0.1) is 0 Å². The normalized spacial score (nSPS) is 12.9. The lowest BCUT2D eigenvalue weighted by molar-refractivity contribution is 0.201. The Hall–Kier alpha value is -1.23. The molecule has 1 rings (SSSR count). The van der Waals surface area contributed by atoms with Crippen LogP contribution in [0.3, 0.4) is 0 Å². The summed E-state index contributed by atoms with van der Waals surface area (Å²) in [5, 5.41) is 13.3. The smallest absolute Gasteiger partial charge is 0.173 e. The molecule has 0 spiro atoms. The molecule has 74 valence electrons. The van der Waals surface area contributed by atoms with Gasteiger partial charge in [0.05, 0.1) is 11.8 Å². The summed E-state index contributed by atoms with van der Waals surface area (Å²) in [7, 11) is 3.67. The zero-order valence-corrected chi connectivity index (χ0v) is 8.23. The molecule has 0 amide bonds. The van der Waals surface area contributed by atoms with Crippen molar-refractivity contribution in [1.29, 1.82) is 0 Å². The Kier molecular flexibility index (Phi) is 2.77. The molecule has 0 aliphatic carbocycles. The van der Waals surface area contributed by atoms with Crippen molar-refractivity contribution >= 4 is 11.5 Å². The molecule has 0 saturated carbocycles. The monoisotopic (exact) mass is 184 g/mol. The van der Waals surface area contributed by atoms with Gasteiger partial charge in [-0.2, -0.15) is 5.10 Å². The van der Waals surface area contributed by atoms with Gasteiger partial charge in [0.1, 0.15) is 0 Å². The number of aliphatic hydroxyl groups is 1. The Morgan fingerprint density at radius 2 is 2.38 bits per heavy atom. The van der Waals surface area contributed by atoms with Crippen molar-refractivity contribution in [3.63, 3.8) is 0 Å². The molecule has 0 bridgehead atoms. The fourth-order valence-electron chi connectivity index (χ4n) is 1.27. The Balaban J connectivity index is 2.76. The third kappa shape index (κ3) is 2.35. The molecule has 1 aromatic rings. The van der Waals surface area contributed by atoms with Gasteiger partial charge in [-0.05, 0) is 6.92 Å². The highest BCUT2D eigenvalue weighted by molar-refractivity contribution is 5.61. The molecule has 3 N–H and O–H groups in total. The van der Waals surface area contributed by atoms with E-state index in [0.717, 1.165) is 0 Å². The molecule has 5 heteroatoms. The van der Waals surface area contributed by atoms with Crippen molar-refractivity contribution in [2.45, 2.75) is 13.0 Å². The lowest BCUT2D eigenvalue weighted by Crippen LogP contribution is -2.27. The Bertz CT molecular complexity index is 282. The summed E-state index contributed by atoms with van der Waals surface area (Å²) in [5.41, 5.74) is 6.34. The van der Waals surface area contributed by atoms with Gasteiger partial charge in [-0.3, -0.25) is 4.68 Å². The van der Waals surface area contributed by atoms with E-state index >= 15 is 0 Å². The van der Waals surface area contributed by atoms with Gasteiger partial charge in [-0.25, -0.2) is 0 Å². The molecule has 1 atom stereocenters. The number of aromatic nitrogens is 2. The quantitative estimate of drug-likeness (QED) is 0.684. The number of nitrogens with zero attached hydrogens (tertiary/aromatic N) is 3. The van der Waals surface area contributed by atoms with Crippen molar-refractivity contribution in [1.82, 2.24) is 9.78 Å². The van der Waals surface area contributed by atoms with Crippen molar-refractivity contribution in [2.24, 2.45) is 7.05 Å². The van der Waals surface area contributed by atoms with E-state index in [1.165, 1.54) is 0 Å². The molecule has 0 saturated heterocycles. The van der Waals surface area contributed by atoms with Crippen LogP contribution in [0.25, 0.3) is 0 Å². The maximum Gasteiger partial charge on any atom is 0.173 e. The van der Waals surface area contributed by atoms with Crippen LogP contribution in [-0.2, 0) is 7.05 Å². The molecular weight excluding hydrogens is 168 g/mol. The maximum absolute atomic E-state index is 9.16.